The van der Waals surface area contributed by atoms with Crippen LogP contribution in [0.15, 0.2) is 30.3 Å². The summed E-state index contributed by atoms with van der Waals surface area (Å²) in [6, 6.07) is 10.8. The second-order valence-electron chi connectivity index (χ2n) is 3.81. The fraction of sp³-hybridized carbons (Fsp3) is 0.538. The summed E-state index contributed by atoms with van der Waals surface area (Å²) in [5, 5.41) is 0. The van der Waals surface area contributed by atoms with Gasteiger partial charge in [-0.1, -0.05) is 63.4 Å². The molecule has 1 aromatic rings. The highest BCUT2D eigenvalue weighted by Crippen LogP contribution is 2.20. The number of hydrogen-bond donors (Lipinski definition) is 0. The van der Waals surface area contributed by atoms with E-state index in [1.54, 1.807) is 0 Å². The molecule has 0 heterocycles. The minimum Gasteiger partial charge on any atom is -0.0654 e. The first-order chi connectivity index (χ1) is 6.34. The molecule has 0 spiro atoms. The minimum atomic E-state index is 0.729. The summed E-state index contributed by atoms with van der Waals surface area (Å²) in [7, 11) is 0. The maximum absolute atomic E-state index is 2.32. The second kappa shape index (κ2) is 5.80. The molecule has 0 N–H and O–H groups in total. The Balaban J connectivity index is 2.35. The molecule has 0 saturated carbocycles. The van der Waals surface area contributed by atoms with E-state index in [9.17, 15) is 0 Å². The molecule has 0 amide bonds. The SMILES string of the molecule is CCCCC[C@@H](C)c1ccccc1. The van der Waals surface area contributed by atoms with E-state index in [0.717, 1.165) is 5.92 Å². The smallest absolute Gasteiger partial charge is 0.0190 e. The molecule has 0 bridgehead atoms. The van der Waals surface area contributed by atoms with E-state index in [1.165, 1.54) is 31.2 Å². The van der Waals surface area contributed by atoms with Crippen LogP contribution >= 0.6 is 0 Å². The van der Waals surface area contributed by atoms with Gasteiger partial charge in [-0.05, 0) is 17.9 Å². The molecule has 1 atom stereocenters. The number of hydrogen-bond acceptors (Lipinski definition) is 0. The molecule has 72 valence electrons. The predicted molar refractivity (Wildman–Crippen MR) is 59.0 cm³/mol. The maximum Gasteiger partial charge on any atom is -0.0190 e. The lowest BCUT2D eigenvalue weighted by Gasteiger charge is -2.10. The lowest BCUT2D eigenvalue weighted by Crippen LogP contribution is -1.92. The summed E-state index contributed by atoms with van der Waals surface area (Å²) in [6.07, 6.45) is 5.39. The number of unbranched alkanes of at least 4 members (excludes halogenated alkanes) is 2. The van der Waals surface area contributed by atoms with Crippen molar-refractivity contribution in [1.29, 1.82) is 0 Å². The van der Waals surface area contributed by atoms with Gasteiger partial charge in [0.1, 0.15) is 0 Å². The number of benzene rings is 1. The average molecular weight is 176 g/mol. The molecule has 0 aliphatic rings. The average Bonchev–Trinajstić information content (AvgIpc) is 2.19. The molecule has 0 aliphatic heterocycles. The number of rotatable bonds is 5. The van der Waals surface area contributed by atoms with Crippen molar-refractivity contribution in [2.45, 2.75) is 45.4 Å². The summed E-state index contributed by atoms with van der Waals surface area (Å²) in [5.41, 5.74) is 1.48. The van der Waals surface area contributed by atoms with Crippen LogP contribution in [0.5, 0.6) is 0 Å². The van der Waals surface area contributed by atoms with Crippen LogP contribution in [0.3, 0.4) is 0 Å². The maximum atomic E-state index is 2.32. The molecular weight excluding hydrogens is 156 g/mol. The van der Waals surface area contributed by atoms with Gasteiger partial charge in [-0.25, -0.2) is 0 Å². The van der Waals surface area contributed by atoms with E-state index in [1.807, 2.05) is 0 Å². The fourth-order valence-corrected chi connectivity index (χ4v) is 1.65. The van der Waals surface area contributed by atoms with E-state index in [2.05, 4.69) is 44.2 Å². The van der Waals surface area contributed by atoms with Gasteiger partial charge < -0.3 is 0 Å². The highest BCUT2D eigenvalue weighted by atomic mass is 14.1. The highest BCUT2D eigenvalue weighted by molar-refractivity contribution is 5.18. The van der Waals surface area contributed by atoms with Crippen molar-refractivity contribution in [2.75, 3.05) is 0 Å². The van der Waals surface area contributed by atoms with Crippen LogP contribution in [0.1, 0.15) is 51.0 Å². The summed E-state index contributed by atoms with van der Waals surface area (Å²) in [4.78, 5) is 0. The molecule has 0 saturated heterocycles. The first-order valence-corrected chi connectivity index (χ1v) is 5.39. The van der Waals surface area contributed by atoms with Gasteiger partial charge in [0.05, 0.1) is 0 Å². The van der Waals surface area contributed by atoms with Crippen molar-refractivity contribution >= 4 is 0 Å². The Bertz CT molecular complexity index is 213. The van der Waals surface area contributed by atoms with Crippen LogP contribution in [0.25, 0.3) is 0 Å². The largest absolute Gasteiger partial charge is 0.0654 e. The Morgan fingerprint density at radius 2 is 1.77 bits per heavy atom. The lowest BCUT2D eigenvalue weighted by molar-refractivity contribution is 0.598. The molecule has 0 aromatic heterocycles. The van der Waals surface area contributed by atoms with Crippen molar-refractivity contribution in [3.63, 3.8) is 0 Å². The molecule has 0 fully saturated rings. The zero-order chi connectivity index (χ0) is 9.52. The summed E-state index contributed by atoms with van der Waals surface area (Å²) in [5.74, 6) is 0.729. The van der Waals surface area contributed by atoms with Crippen LogP contribution < -0.4 is 0 Å². The molecule has 13 heavy (non-hydrogen) atoms. The topological polar surface area (TPSA) is 0 Å². The monoisotopic (exact) mass is 176 g/mol. The van der Waals surface area contributed by atoms with E-state index < -0.39 is 0 Å². The van der Waals surface area contributed by atoms with Crippen molar-refractivity contribution in [1.82, 2.24) is 0 Å². The van der Waals surface area contributed by atoms with E-state index in [-0.39, 0.29) is 0 Å². The Labute approximate surface area is 82.0 Å². The van der Waals surface area contributed by atoms with Crippen molar-refractivity contribution in [3.8, 4) is 0 Å². The Morgan fingerprint density at radius 3 is 2.38 bits per heavy atom. The van der Waals surface area contributed by atoms with Crippen molar-refractivity contribution < 1.29 is 0 Å². The third kappa shape index (κ3) is 3.63. The Morgan fingerprint density at radius 1 is 1.08 bits per heavy atom. The quantitative estimate of drug-likeness (QED) is 0.584. The summed E-state index contributed by atoms with van der Waals surface area (Å²) < 4.78 is 0. The third-order valence-corrected chi connectivity index (χ3v) is 2.61. The molecule has 1 rings (SSSR count). The second-order valence-corrected chi connectivity index (χ2v) is 3.81. The third-order valence-electron chi connectivity index (χ3n) is 2.61. The van der Waals surface area contributed by atoms with Crippen LogP contribution in [0, 0.1) is 0 Å². The van der Waals surface area contributed by atoms with E-state index >= 15 is 0 Å². The van der Waals surface area contributed by atoms with Gasteiger partial charge in [-0.2, -0.15) is 0 Å². The normalized spacial score (nSPS) is 12.8. The minimum absolute atomic E-state index is 0.729. The molecular formula is C13H20. The fourth-order valence-electron chi connectivity index (χ4n) is 1.65. The van der Waals surface area contributed by atoms with Crippen LogP contribution in [0.4, 0.5) is 0 Å². The van der Waals surface area contributed by atoms with E-state index in [0.29, 0.717) is 0 Å². The highest BCUT2D eigenvalue weighted by Gasteiger charge is 2.02. The van der Waals surface area contributed by atoms with Gasteiger partial charge in [-0.15, -0.1) is 0 Å². The predicted octanol–water partition coefficient (Wildman–Crippen LogP) is 4.37. The lowest BCUT2D eigenvalue weighted by atomic mass is 9.95. The molecule has 0 aliphatic carbocycles. The van der Waals surface area contributed by atoms with E-state index in [4.69, 9.17) is 0 Å². The van der Waals surface area contributed by atoms with Gasteiger partial charge in [-0.3, -0.25) is 0 Å². The molecule has 0 radical (unpaired) electrons. The summed E-state index contributed by atoms with van der Waals surface area (Å²) >= 11 is 0. The van der Waals surface area contributed by atoms with Crippen LogP contribution in [0.2, 0.25) is 0 Å². The van der Waals surface area contributed by atoms with Crippen LogP contribution in [-0.2, 0) is 0 Å². The Hall–Kier alpha value is -0.780. The first kappa shape index (κ1) is 10.3. The zero-order valence-corrected chi connectivity index (χ0v) is 8.79. The molecule has 0 nitrogen and oxygen atoms in total. The van der Waals surface area contributed by atoms with Gasteiger partial charge in [0, 0.05) is 0 Å². The molecule has 0 heteroatoms. The van der Waals surface area contributed by atoms with Gasteiger partial charge in [0.25, 0.3) is 0 Å². The van der Waals surface area contributed by atoms with Crippen molar-refractivity contribution in [2.24, 2.45) is 0 Å². The van der Waals surface area contributed by atoms with Gasteiger partial charge in [0.2, 0.25) is 0 Å². The van der Waals surface area contributed by atoms with Crippen molar-refractivity contribution in [3.05, 3.63) is 35.9 Å². The molecule has 1 aromatic carbocycles. The van der Waals surface area contributed by atoms with Gasteiger partial charge >= 0.3 is 0 Å². The zero-order valence-electron chi connectivity index (χ0n) is 8.79. The molecule has 0 unspecified atom stereocenters. The van der Waals surface area contributed by atoms with Gasteiger partial charge in [0.15, 0.2) is 0 Å². The Kier molecular flexibility index (Phi) is 4.59. The van der Waals surface area contributed by atoms with Crippen LogP contribution in [-0.4, -0.2) is 0 Å². The summed E-state index contributed by atoms with van der Waals surface area (Å²) in [6.45, 7) is 4.58. The standard InChI is InChI=1S/C13H20/c1-3-4-6-9-12(2)13-10-7-5-8-11-13/h5,7-8,10-12H,3-4,6,9H2,1-2H3/t12-/m1/s1. The first-order valence-electron chi connectivity index (χ1n) is 5.39.